The van der Waals surface area contributed by atoms with Gasteiger partial charge >= 0.3 is 0 Å². The van der Waals surface area contributed by atoms with Crippen LogP contribution < -0.4 is 9.64 Å². The van der Waals surface area contributed by atoms with Crippen molar-refractivity contribution < 1.29 is 18.3 Å². The first-order chi connectivity index (χ1) is 14.6. The van der Waals surface area contributed by atoms with E-state index in [1.165, 1.54) is 40.5 Å². The lowest BCUT2D eigenvalue weighted by Crippen LogP contribution is -2.36. The number of thiazole rings is 1. The van der Waals surface area contributed by atoms with Gasteiger partial charge in [-0.3, -0.25) is 9.69 Å². The summed E-state index contributed by atoms with van der Waals surface area (Å²) in [7, 11) is 0. The lowest BCUT2D eigenvalue weighted by atomic mass is 10.3. The number of halogens is 2. The summed E-state index contributed by atoms with van der Waals surface area (Å²) in [5.74, 6) is -1.25. The number of carbonyl (C=O) groups excluding carboxylic acids is 1. The summed E-state index contributed by atoms with van der Waals surface area (Å²) in [4.78, 5) is 22.9. The number of rotatable bonds is 8. The van der Waals surface area contributed by atoms with Crippen molar-refractivity contribution >= 4 is 32.6 Å². The maximum atomic E-state index is 13.8. The molecule has 2 aromatic heterocycles. The quantitative estimate of drug-likeness (QED) is 0.421. The first kappa shape index (κ1) is 20.0. The first-order valence-corrected chi connectivity index (χ1v) is 10.1. The molecule has 2 aromatic carbocycles. The minimum atomic E-state index is -0.535. The molecule has 30 heavy (non-hydrogen) atoms. The van der Waals surface area contributed by atoms with Gasteiger partial charge < -0.3 is 9.30 Å². The first-order valence-electron chi connectivity index (χ1n) is 9.30. The van der Waals surface area contributed by atoms with Crippen LogP contribution in [-0.2, 0) is 11.3 Å². The average molecular weight is 428 g/mol. The van der Waals surface area contributed by atoms with Crippen molar-refractivity contribution in [2.75, 3.05) is 18.1 Å². The number of nitrogens with zero attached hydrogens (tertiary/aromatic N) is 4. The number of hydrogen-bond acceptors (Lipinski definition) is 5. The van der Waals surface area contributed by atoms with E-state index in [1.54, 1.807) is 30.7 Å². The maximum Gasteiger partial charge on any atom is 0.266 e. The number of hydrogen-bond donors (Lipinski definition) is 0. The van der Waals surface area contributed by atoms with Gasteiger partial charge in [-0.1, -0.05) is 23.5 Å². The Morgan fingerprint density at radius 1 is 1.20 bits per heavy atom. The molecule has 0 aliphatic heterocycles. The van der Waals surface area contributed by atoms with E-state index in [-0.39, 0.29) is 24.1 Å². The van der Waals surface area contributed by atoms with Gasteiger partial charge in [-0.05, 0) is 36.8 Å². The zero-order valence-electron chi connectivity index (χ0n) is 15.9. The lowest BCUT2D eigenvalue weighted by Gasteiger charge is -2.20. The van der Waals surface area contributed by atoms with Crippen LogP contribution in [0.2, 0.25) is 0 Å². The predicted molar refractivity (Wildman–Crippen MR) is 111 cm³/mol. The Labute approximate surface area is 175 Å². The Morgan fingerprint density at radius 2 is 2.07 bits per heavy atom. The Balaban J connectivity index is 1.52. The molecule has 0 bridgehead atoms. The Bertz CT molecular complexity index is 1150. The van der Waals surface area contributed by atoms with E-state index in [4.69, 9.17) is 4.74 Å². The molecule has 4 rings (SSSR count). The SMILES string of the molecule is O=C(COc1ccccc1F)N(CCCn1ccnc1)c1nc2ccc(F)cc2s1. The van der Waals surface area contributed by atoms with Gasteiger partial charge in [0.25, 0.3) is 5.91 Å². The fraction of sp³-hybridized carbons (Fsp3) is 0.190. The highest BCUT2D eigenvalue weighted by atomic mass is 32.1. The molecule has 1 amide bonds. The number of imidazole rings is 1. The van der Waals surface area contributed by atoms with Crippen LogP contribution in [0.3, 0.4) is 0 Å². The van der Waals surface area contributed by atoms with Crippen LogP contribution in [0.1, 0.15) is 6.42 Å². The smallest absolute Gasteiger partial charge is 0.266 e. The third-order valence-electron chi connectivity index (χ3n) is 4.42. The Morgan fingerprint density at radius 3 is 2.87 bits per heavy atom. The summed E-state index contributed by atoms with van der Waals surface area (Å²) in [6.07, 6.45) is 5.88. The normalized spacial score (nSPS) is 11.0. The van der Waals surface area contributed by atoms with Crippen molar-refractivity contribution in [1.29, 1.82) is 0 Å². The second kappa shape index (κ2) is 9.00. The van der Waals surface area contributed by atoms with Crippen LogP contribution in [0.15, 0.2) is 61.2 Å². The molecule has 9 heteroatoms. The van der Waals surface area contributed by atoms with Gasteiger partial charge in [0.05, 0.1) is 16.5 Å². The van der Waals surface area contributed by atoms with Crippen LogP contribution in [0.4, 0.5) is 13.9 Å². The van der Waals surface area contributed by atoms with Gasteiger partial charge in [0, 0.05) is 25.5 Å². The molecule has 0 N–H and O–H groups in total. The summed E-state index contributed by atoms with van der Waals surface area (Å²) in [5, 5.41) is 0.448. The molecule has 0 saturated heterocycles. The molecule has 4 aromatic rings. The highest BCUT2D eigenvalue weighted by Gasteiger charge is 2.21. The van der Waals surface area contributed by atoms with Gasteiger partial charge in [0.2, 0.25) is 0 Å². The fourth-order valence-electron chi connectivity index (χ4n) is 2.94. The second-order valence-corrected chi connectivity index (χ2v) is 7.54. The molecule has 6 nitrogen and oxygen atoms in total. The summed E-state index contributed by atoms with van der Waals surface area (Å²) in [6, 6.07) is 10.2. The Kier molecular flexibility index (Phi) is 5.99. The number of fused-ring (bicyclic) bond motifs is 1. The minimum absolute atomic E-state index is 0.00980. The monoisotopic (exact) mass is 428 g/mol. The number of amides is 1. The number of aryl methyl sites for hydroxylation is 1. The van der Waals surface area contributed by atoms with Gasteiger partial charge in [-0.2, -0.15) is 0 Å². The van der Waals surface area contributed by atoms with E-state index in [9.17, 15) is 13.6 Å². The molecule has 0 spiro atoms. The largest absolute Gasteiger partial charge is 0.481 e. The summed E-state index contributed by atoms with van der Waals surface area (Å²) < 4.78 is 35.3. The summed E-state index contributed by atoms with van der Waals surface area (Å²) >= 11 is 1.23. The highest BCUT2D eigenvalue weighted by molar-refractivity contribution is 7.22. The van der Waals surface area contributed by atoms with Crippen molar-refractivity contribution in [3.05, 3.63) is 72.8 Å². The van der Waals surface area contributed by atoms with Crippen LogP contribution >= 0.6 is 11.3 Å². The zero-order valence-corrected chi connectivity index (χ0v) is 16.7. The molecule has 2 heterocycles. The third kappa shape index (κ3) is 4.62. The topological polar surface area (TPSA) is 60.2 Å². The van der Waals surface area contributed by atoms with Crippen molar-refractivity contribution in [3.8, 4) is 5.75 Å². The van der Waals surface area contributed by atoms with Crippen LogP contribution in [-0.4, -0.2) is 33.6 Å². The zero-order chi connectivity index (χ0) is 20.9. The number of anilines is 1. The fourth-order valence-corrected chi connectivity index (χ4v) is 3.97. The Hall–Kier alpha value is -3.33. The molecule has 154 valence electrons. The lowest BCUT2D eigenvalue weighted by molar-refractivity contribution is -0.120. The van der Waals surface area contributed by atoms with Crippen molar-refractivity contribution in [2.45, 2.75) is 13.0 Å². The van der Waals surface area contributed by atoms with Crippen LogP contribution in [0, 0.1) is 11.6 Å². The molecular weight excluding hydrogens is 410 g/mol. The molecule has 0 aliphatic rings. The number of aromatic nitrogens is 3. The van der Waals surface area contributed by atoms with E-state index in [2.05, 4.69) is 9.97 Å². The average Bonchev–Trinajstić information content (AvgIpc) is 3.39. The van der Waals surface area contributed by atoms with Gasteiger partial charge in [0.1, 0.15) is 5.82 Å². The van der Waals surface area contributed by atoms with E-state index >= 15 is 0 Å². The molecule has 0 saturated carbocycles. The van der Waals surface area contributed by atoms with Gasteiger partial charge in [0.15, 0.2) is 23.3 Å². The van der Waals surface area contributed by atoms with Crippen molar-refractivity contribution in [1.82, 2.24) is 14.5 Å². The second-order valence-electron chi connectivity index (χ2n) is 6.53. The third-order valence-corrected chi connectivity index (χ3v) is 5.46. The standard InChI is InChI=1S/C21H18F2N4O2S/c22-15-6-7-17-19(12-15)30-21(25-17)27(10-3-9-26-11-8-24-14-26)20(28)13-29-18-5-2-1-4-16(18)23/h1-2,4-8,11-12,14H,3,9-10,13H2. The highest BCUT2D eigenvalue weighted by Crippen LogP contribution is 2.30. The van der Waals surface area contributed by atoms with Crippen molar-refractivity contribution in [2.24, 2.45) is 0 Å². The molecule has 0 unspecified atom stereocenters. The van der Waals surface area contributed by atoms with Crippen LogP contribution in [0.25, 0.3) is 10.2 Å². The molecule has 0 radical (unpaired) electrons. The molecular formula is C21H18F2N4O2S. The van der Waals surface area contributed by atoms with Crippen LogP contribution in [0.5, 0.6) is 5.75 Å². The number of para-hydroxylation sites is 1. The van der Waals surface area contributed by atoms with Crippen molar-refractivity contribution in [3.63, 3.8) is 0 Å². The number of benzene rings is 2. The molecule has 0 atom stereocenters. The predicted octanol–water partition coefficient (Wildman–Crippen LogP) is 4.27. The molecule has 0 aliphatic carbocycles. The van der Waals surface area contributed by atoms with Gasteiger partial charge in [-0.25, -0.2) is 18.7 Å². The number of carbonyl (C=O) groups is 1. The van der Waals surface area contributed by atoms with E-state index in [0.29, 0.717) is 34.9 Å². The summed E-state index contributed by atoms with van der Waals surface area (Å²) in [5.41, 5.74) is 0.610. The minimum Gasteiger partial charge on any atom is -0.481 e. The summed E-state index contributed by atoms with van der Waals surface area (Å²) in [6.45, 7) is 0.702. The molecule has 0 fully saturated rings. The number of ether oxygens (including phenoxy) is 1. The van der Waals surface area contributed by atoms with Gasteiger partial charge in [-0.15, -0.1) is 0 Å². The van der Waals surface area contributed by atoms with E-state index in [1.807, 2.05) is 10.8 Å². The van der Waals surface area contributed by atoms with E-state index < -0.39 is 5.82 Å². The van der Waals surface area contributed by atoms with E-state index in [0.717, 1.165) is 0 Å². The maximum absolute atomic E-state index is 13.8.